The van der Waals surface area contributed by atoms with Gasteiger partial charge in [0.05, 0.1) is 22.5 Å². The molecule has 0 radical (unpaired) electrons. The first-order valence-electron chi connectivity index (χ1n) is 9.25. The number of nitrogens with one attached hydrogen (secondary N) is 2. The fraction of sp³-hybridized carbons (Fsp3) is 0.190. The summed E-state index contributed by atoms with van der Waals surface area (Å²) in [5, 5.41) is 4.53. The predicted octanol–water partition coefficient (Wildman–Crippen LogP) is 5.68. The normalized spacial score (nSPS) is 11.8. The van der Waals surface area contributed by atoms with Crippen LogP contribution >= 0.6 is 11.3 Å². The second-order valence-electron chi connectivity index (χ2n) is 6.81. The van der Waals surface area contributed by atoms with Gasteiger partial charge in [-0.05, 0) is 31.2 Å². The number of hydrogen-bond donors (Lipinski definition) is 2. The fourth-order valence-electron chi connectivity index (χ4n) is 2.78. The number of thiazole rings is 1. The summed E-state index contributed by atoms with van der Waals surface area (Å²) in [6, 6.07) is 9.82. The van der Waals surface area contributed by atoms with Crippen LogP contribution in [0.1, 0.15) is 31.3 Å². The molecule has 0 unspecified atom stereocenters. The van der Waals surface area contributed by atoms with E-state index in [0.29, 0.717) is 16.3 Å². The van der Waals surface area contributed by atoms with Gasteiger partial charge in [-0.1, -0.05) is 24.3 Å². The van der Waals surface area contributed by atoms with Crippen molar-refractivity contribution in [2.24, 2.45) is 0 Å². The van der Waals surface area contributed by atoms with E-state index in [1.165, 1.54) is 43.3 Å². The second-order valence-corrected chi connectivity index (χ2v) is 7.81. The molecule has 0 fully saturated rings. The Morgan fingerprint density at radius 1 is 0.939 bits per heavy atom. The van der Waals surface area contributed by atoms with Gasteiger partial charge < -0.3 is 10.6 Å². The molecule has 3 rings (SSSR count). The van der Waals surface area contributed by atoms with Crippen molar-refractivity contribution in [3.63, 3.8) is 0 Å². The van der Waals surface area contributed by atoms with Crippen molar-refractivity contribution < 1.29 is 35.9 Å². The molecular formula is C21H15F6N3O2S. The molecular weight excluding hydrogens is 472 g/mol. The molecule has 5 nitrogen and oxygen atoms in total. The monoisotopic (exact) mass is 487 g/mol. The third kappa shape index (κ3) is 6.09. The number of halogens is 6. The number of carbonyl (C=O) groups excluding carboxylic acids is 2. The molecule has 2 amide bonds. The van der Waals surface area contributed by atoms with Crippen molar-refractivity contribution >= 4 is 28.8 Å². The number of nitrogens with zero attached hydrogens (tertiary/aromatic N) is 1. The molecule has 3 aromatic rings. The lowest BCUT2D eigenvalue weighted by Crippen LogP contribution is -2.34. The summed E-state index contributed by atoms with van der Waals surface area (Å²) in [4.78, 5) is 29.2. The van der Waals surface area contributed by atoms with Crippen molar-refractivity contribution in [1.29, 1.82) is 0 Å². The van der Waals surface area contributed by atoms with Crippen LogP contribution in [0.15, 0.2) is 48.5 Å². The number of para-hydroxylation sites is 1. The number of aromatic nitrogens is 1. The van der Waals surface area contributed by atoms with Crippen LogP contribution in [0.3, 0.4) is 0 Å². The molecule has 0 aliphatic carbocycles. The Kier molecular flexibility index (Phi) is 6.77. The summed E-state index contributed by atoms with van der Waals surface area (Å²) < 4.78 is 75.4. The van der Waals surface area contributed by atoms with E-state index in [1.807, 2.05) is 0 Å². The van der Waals surface area contributed by atoms with E-state index in [0.717, 1.165) is 23.5 Å². The Hall–Kier alpha value is -3.41. The van der Waals surface area contributed by atoms with Gasteiger partial charge >= 0.3 is 12.4 Å². The molecule has 174 valence electrons. The van der Waals surface area contributed by atoms with Crippen LogP contribution in [0, 0.1) is 6.92 Å². The van der Waals surface area contributed by atoms with E-state index in [4.69, 9.17) is 0 Å². The Morgan fingerprint density at radius 3 is 2.18 bits per heavy atom. The highest BCUT2D eigenvalue weighted by atomic mass is 32.1. The third-order valence-electron chi connectivity index (χ3n) is 4.33. The molecule has 0 saturated carbocycles. The van der Waals surface area contributed by atoms with E-state index in [1.54, 1.807) is 5.32 Å². The highest BCUT2D eigenvalue weighted by molar-refractivity contribution is 7.17. The number of hydrogen-bond acceptors (Lipinski definition) is 4. The molecule has 0 aliphatic heterocycles. The van der Waals surface area contributed by atoms with Gasteiger partial charge in [0.25, 0.3) is 11.8 Å². The third-order valence-corrected chi connectivity index (χ3v) is 5.54. The fourth-order valence-corrected chi connectivity index (χ4v) is 3.74. The Bertz CT molecular complexity index is 1170. The smallest absolute Gasteiger partial charge is 0.343 e. The molecule has 2 N–H and O–H groups in total. The summed E-state index contributed by atoms with van der Waals surface area (Å²) in [5.41, 5.74) is -0.322. The van der Waals surface area contributed by atoms with Crippen LogP contribution in [0.2, 0.25) is 0 Å². The maximum atomic E-state index is 12.8. The van der Waals surface area contributed by atoms with Crippen LogP contribution in [-0.2, 0) is 6.18 Å². The number of rotatable bonds is 5. The molecule has 0 spiro atoms. The van der Waals surface area contributed by atoms with E-state index >= 15 is 0 Å². The van der Waals surface area contributed by atoms with Gasteiger partial charge in [-0.3, -0.25) is 9.59 Å². The Labute approximate surface area is 187 Å². The van der Waals surface area contributed by atoms with Crippen LogP contribution in [0.4, 0.5) is 32.0 Å². The summed E-state index contributed by atoms with van der Waals surface area (Å²) in [6.45, 7) is -0.000500. The average molecular weight is 487 g/mol. The molecule has 0 saturated heterocycles. The molecule has 0 aliphatic rings. The van der Waals surface area contributed by atoms with Crippen molar-refractivity contribution in [3.8, 4) is 10.6 Å². The number of anilines is 1. The Morgan fingerprint density at radius 2 is 1.58 bits per heavy atom. The SMILES string of the molecule is Cc1nc(-c2ccc(C(F)(F)F)cc2)sc1C(=O)Nc1ccccc1C(=O)NCC(F)(F)F. The zero-order chi connectivity index (χ0) is 24.4. The van der Waals surface area contributed by atoms with E-state index in [2.05, 4.69) is 10.3 Å². The molecule has 12 heteroatoms. The van der Waals surface area contributed by atoms with Crippen molar-refractivity contribution in [1.82, 2.24) is 10.3 Å². The maximum absolute atomic E-state index is 12.8. The first-order chi connectivity index (χ1) is 15.3. The van der Waals surface area contributed by atoms with Crippen molar-refractivity contribution in [3.05, 3.63) is 70.2 Å². The molecule has 1 heterocycles. The van der Waals surface area contributed by atoms with Crippen molar-refractivity contribution in [2.75, 3.05) is 11.9 Å². The number of alkyl halides is 6. The molecule has 2 aromatic carbocycles. The maximum Gasteiger partial charge on any atom is 0.416 e. The minimum atomic E-state index is -4.59. The van der Waals surface area contributed by atoms with E-state index in [9.17, 15) is 35.9 Å². The highest BCUT2D eigenvalue weighted by Gasteiger charge is 2.30. The van der Waals surface area contributed by atoms with Crippen molar-refractivity contribution in [2.45, 2.75) is 19.3 Å². The first-order valence-corrected chi connectivity index (χ1v) is 10.1. The standard InChI is InChI=1S/C21H15F6N3O2S/c1-11-16(33-19(29-11)12-6-8-13(9-7-12)21(25,26)27)18(32)30-15-5-3-2-4-14(15)17(31)28-10-20(22,23)24/h2-9H,10H2,1H3,(H,28,31)(H,30,32). The lowest BCUT2D eigenvalue weighted by atomic mass is 10.1. The molecule has 33 heavy (non-hydrogen) atoms. The van der Waals surface area contributed by atoms with Gasteiger partial charge in [-0.2, -0.15) is 26.3 Å². The minimum Gasteiger partial charge on any atom is -0.343 e. The lowest BCUT2D eigenvalue weighted by molar-refractivity contribution is -0.137. The van der Waals surface area contributed by atoms with Gasteiger partial charge in [-0.15, -0.1) is 11.3 Å². The van der Waals surface area contributed by atoms with Gasteiger partial charge in [0, 0.05) is 5.56 Å². The first kappa shape index (κ1) is 24.2. The number of amides is 2. The summed E-state index contributed by atoms with van der Waals surface area (Å²) in [7, 11) is 0. The average Bonchev–Trinajstić information content (AvgIpc) is 3.13. The predicted molar refractivity (Wildman–Crippen MR) is 110 cm³/mol. The second kappa shape index (κ2) is 9.22. The topological polar surface area (TPSA) is 71.1 Å². The quantitative estimate of drug-likeness (QED) is 0.455. The zero-order valence-electron chi connectivity index (χ0n) is 16.8. The van der Waals surface area contributed by atoms with Gasteiger partial charge in [0.15, 0.2) is 0 Å². The lowest BCUT2D eigenvalue weighted by Gasteiger charge is -2.12. The van der Waals surface area contributed by atoms with Crippen LogP contribution in [0.5, 0.6) is 0 Å². The number of benzene rings is 2. The van der Waals surface area contributed by atoms with Crippen LogP contribution in [0.25, 0.3) is 10.6 Å². The summed E-state index contributed by atoms with van der Waals surface area (Å²) in [6.07, 6.45) is -9.08. The molecule has 0 atom stereocenters. The molecule has 0 bridgehead atoms. The van der Waals surface area contributed by atoms with Gasteiger partial charge in [0.2, 0.25) is 0 Å². The summed E-state index contributed by atoms with van der Waals surface area (Å²) >= 11 is 0.927. The number of carbonyl (C=O) groups is 2. The van der Waals surface area contributed by atoms with Gasteiger partial charge in [0.1, 0.15) is 16.4 Å². The van der Waals surface area contributed by atoms with Crippen LogP contribution < -0.4 is 10.6 Å². The Balaban J connectivity index is 1.80. The highest BCUT2D eigenvalue weighted by Crippen LogP contribution is 2.33. The van der Waals surface area contributed by atoms with E-state index < -0.39 is 36.3 Å². The zero-order valence-corrected chi connectivity index (χ0v) is 17.6. The van der Waals surface area contributed by atoms with E-state index in [-0.39, 0.29) is 16.1 Å². The number of aryl methyl sites for hydroxylation is 1. The van der Waals surface area contributed by atoms with Crippen LogP contribution in [-0.4, -0.2) is 29.5 Å². The molecule has 1 aromatic heterocycles. The van der Waals surface area contributed by atoms with Gasteiger partial charge in [-0.25, -0.2) is 4.98 Å². The largest absolute Gasteiger partial charge is 0.416 e. The minimum absolute atomic E-state index is 0.00828. The summed E-state index contributed by atoms with van der Waals surface area (Å²) in [5.74, 6) is -1.69.